The van der Waals surface area contributed by atoms with Crippen LogP contribution in [0, 0.1) is 13.8 Å². The van der Waals surface area contributed by atoms with Gasteiger partial charge in [0.2, 0.25) is 5.91 Å². The molecule has 23 heavy (non-hydrogen) atoms. The molecule has 0 atom stereocenters. The number of nitrogens with one attached hydrogen (secondary N) is 1. The molecule has 0 aliphatic heterocycles. The zero-order valence-electron chi connectivity index (χ0n) is 13.5. The predicted molar refractivity (Wildman–Crippen MR) is 90.4 cm³/mol. The molecule has 0 spiro atoms. The molecule has 0 fully saturated rings. The number of ether oxygens (including phenoxy) is 2. The molecule has 7 heteroatoms. The molecule has 1 N–H and O–H groups in total. The summed E-state index contributed by atoms with van der Waals surface area (Å²) in [7, 11) is 3.12. The largest absolute Gasteiger partial charge is 0.493 e. The average molecular weight is 333 g/mol. The first-order valence-electron chi connectivity index (χ1n) is 6.99. The SMILES string of the molecule is COc1ccc(NC(=O)CSc2nc(C)cc(C)n2)cc1OC. The van der Waals surface area contributed by atoms with Crippen LogP contribution in [0.1, 0.15) is 11.4 Å². The van der Waals surface area contributed by atoms with Gasteiger partial charge >= 0.3 is 0 Å². The standard InChI is InChI=1S/C16H19N3O3S/c1-10-7-11(2)18-16(17-10)23-9-15(20)19-12-5-6-13(21-3)14(8-12)22-4/h5-8H,9H2,1-4H3,(H,19,20). The maximum Gasteiger partial charge on any atom is 0.234 e. The van der Waals surface area contributed by atoms with Gasteiger partial charge in [-0.3, -0.25) is 4.79 Å². The maximum atomic E-state index is 12.1. The van der Waals surface area contributed by atoms with Crippen molar-refractivity contribution >= 4 is 23.4 Å². The van der Waals surface area contributed by atoms with E-state index in [2.05, 4.69) is 15.3 Å². The second-order valence-corrected chi connectivity index (χ2v) is 5.78. The summed E-state index contributed by atoms with van der Waals surface area (Å²) in [5.74, 6) is 1.28. The van der Waals surface area contributed by atoms with Crippen molar-refractivity contribution in [1.82, 2.24) is 9.97 Å². The zero-order valence-corrected chi connectivity index (χ0v) is 14.4. The summed E-state index contributed by atoms with van der Waals surface area (Å²) in [6.07, 6.45) is 0. The molecule has 2 aromatic rings. The van der Waals surface area contributed by atoms with E-state index in [1.54, 1.807) is 32.4 Å². The van der Waals surface area contributed by atoms with Gasteiger partial charge in [-0.25, -0.2) is 9.97 Å². The Hall–Kier alpha value is -2.28. The Morgan fingerprint density at radius 2 is 1.74 bits per heavy atom. The van der Waals surface area contributed by atoms with Crippen LogP contribution in [0.3, 0.4) is 0 Å². The average Bonchev–Trinajstić information content (AvgIpc) is 2.52. The third kappa shape index (κ3) is 4.85. The molecule has 0 aliphatic carbocycles. The van der Waals surface area contributed by atoms with Crippen LogP contribution in [-0.4, -0.2) is 35.8 Å². The Morgan fingerprint density at radius 3 is 2.35 bits per heavy atom. The Bertz CT molecular complexity index is 687. The fourth-order valence-corrected chi connectivity index (χ4v) is 2.75. The van der Waals surface area contributed by atoms with Crippen molar-refractivity contribution in [2.75, 3.05) is 25.3 Å². The molecule has 122 valence electrons. The van der Waals surface area contributed by atoms with E-state index < -0.39 is 0 Å². The smallest absolute Gasteiger partial charge is 0.234 e. The molecular formula is C16H19N3O3S. The van der Waals surface area contributed by atoms with Crippen LogP contribution in [0.15, 0.2) is 29.4 Å². The molecule has 2 rings (SSSR count). The fraction of sp³-hybridized carbons (Fsp3) is 0.312. The molecular weight excluding hydrogens is 314 g/mol. The van der Waals surface area contributed by atoms with Crippen molar-refractivity contribution in [2.45, 2.75) is 19.0 Å². The van der Waals surface area contributed by atoms with Crippen molar-refractivity contribution in [2.24, 2.45) is 0 Å². The summed E-state index contributed by atoms with van der Waals surface area (Å²) < 4.78 is 10.4. The van der Waals surface area contributed by atoms with Crippen LogP contribution >= 0.6 is 11.8 Å². The molecule has 0 unspecified atom stereocenters. The Labute approximate surface area is 139 Å². The van der Waals surface area contributed by atoms with Crippen molar-refractivity contribution in [3.05, 3.63) is 35.7 Å². The van der Waals surface area contributed by atoms with Gasteiger partial charge in [-0.2, -0.15) is 0 Å². The highest BCUT2D eigenvalue weighted by Crippen LogP contribution is 2.29. The second kappa shape index (κ2) is 7.82. The number of aryl methyl sites for hydroxylation is 2. The minimum atomic E-state index is -0.134. The number of hydrogen-bond donors (Lipinski definition) is 1. The number of benzene rings is 1. The fourth-order valence-electron chi connectivity index (χ4n) is 2.00. The van der Waals surface area contributed by atoms with E-state index in [0.717, 1.165) is 11.4 Å². The Balaban J connectivity index is 1.97. The third-order valence-corrected chi connectivity index (χ3v) is 3.81. The zero-order chi connectivity index (χ0) is 16.8. The number of carbonyl (C=O) groups excluding carboxylic acids is 1. The van der Waals surface area contributed by atoms with E-state index in [-0.39, 0.29) is 11.7 Å². The number of nitrogens with zero attached hydrogens (tertiary/aromatic N) is 2. The first kappa shape index (κ1) is 17.1. The number of methoxy groups -OCH3 is 2. The summed E-state index contributed by atoms with van der Waals surface area (Å²) in [5.41, 5.74) is 2.43. The van der Waals surface area contributed by atoms with Crippen LogP contribution < -0.4 is 14.8 Å². The number of hydrogen-bond acceptors (Lipinski definition) is 6. The highest BCUT2D eigenvalue weighted by Gasteiger charge is 2.09. The third-order valence-electron chi connectivity index (χ3n) is 2.96. The number of amides is 1. The molecule has 0 saturated heterocycles. The Kier molecular flexibility index (Phi) is 5.81. The van der Waals surface area contributed by atoms with E-state index >= 15 is 0 Å². The number of carbonyl (C=O) groups is 1. The summed E-state index contributed by atoms with van der Waals surface area (Å²) in [6, 6.07) is 7.12. The molecule has 6 nitrogen and oxygen atoms in total. The van der Waals surface area contributed by atoms with Gasteiger partial charge in [-0.1, -0.05) is 11.8 Å². The number of rotatable bonds is 6. The van der Waals surface area contributed by atoms with E-state index in [4.69, 9.17) is 9.47 Å². The molecule has 1 amide bonds. The lowest BCUT2D eigenvalue weighted by Gasteiger charge is -2.10. The van der Waals surface area contributed by atoms with Gasteiger partial charge in [0.05, 0.1) is 20.0 Å². The normalized spacial score (nSPS) is 10.3. The second-order valence-electron chi connectivity index (χ2n) is 4.84. The van der Waals surface area contributed by atoms with Gasteiger partial charge in [0, 0.05) is 23.1 Å². The van der Waals surface area contributed by atoms with E-state index in [9.17, 15) is 4.79 Å². The monoisotopic (exact) mass is 333 g/mol. The van der Waals surface area contributed by atoms with Crippen molar-refractivity contribution in [3.63, 3.8) is 0 Å². The van der Waals surface area contributed by atoms with Gasteiger partial charge in [-0.05, 0) is 32.0 Å². The topological polar surface area (TPSA) is 73.3 Å². The molecule has 1 aromatic carbocycles. The minimum absolute atomic E-state index is 0.134. The van der Waals surface area contributed by atoms with E-state index in [1.807, 2.05) is 19.9 Å². The Morgan fingerprint density at radius 1 is 1.09 bits per heavy atom. The van der Waals surface area contributed by atoms with Crippen LogP contribution in [0.2, 0.25) is 0 Å². The minimum Gasteiger partial charge on any atom is -0.493 e. The molecule has 0 radical (unpaired) electrons. The highest BCUT2D eigenvalue weighted by molar-refractivity contribution is 7.99. The van der Waals surface area contributed by atoms with Gasteiger partial charge in [0.25, 0.3) is 0 Å². The molecule has 0 aliphatic rings. The summed E-state index contributed by atoms with van der Waals surface area (Å²) in [6.45, 7) is 3.81. The van der Waals surface area contributed by atoms with Gasteiger partial charge < -0.3 is 14.8 Å². The quantitative estimate of drug-likeness (QED) is 0.647. The number of anilines is 1. The van der Waals surface area contributed by atoms with Crippen molar-refractivity contribution in [3.8, 4) is 11.5 Å². The van der Waals surface area contributed by atoms with Crippen LogP contribution in [-0.2, 0) is 4.79 Å². The van der Waals surface area contributed by atoms with Crippen molar-refractivity contribution < 1.29 is 14.3 Å². The molecule has 0 bridgehead atoms. The first-order valence-corrected chi connectivity index (χ1v) is 7.97. The molecule has 1 heterocycles. The molecule has 0 saturated carbocycles. The van der Waals surface area contributed by atoms with Crippen LogP contribution in [0.5, 0.6) is 11.5 Å². The summed E-state index contributed by atoms with van der Waals surface area (Å²) in [4.78, 5) is 20.6. The van der Waals surface area contributed by atoms with Gasteiger partial charge in [0.15, 0.2) is 16.7 Å². The van der Waals surface area contributed by atoms with Crippen molar-refractivity contribution in [1.29, 1.82) is 0 Å². The predicted octanol–water partition coefficient (Wildman–Crippen LogP) is 2.84. The van der Waals surface area contributed by atoms with Crippen LogP contribution in [0.25, 0.3) is 0 Å². The number of aromatic nitrogens is 2. The van der Waals surface area contributed by atoms with Gasteiger partial charge in [0.1, 0.15) is 0 Å². The lowest BCUT2D eigenvalue weighted by molar-refractivity contribution is -0.113. The summed E-state index contributed by atoms with van der Waals surface area (Å²) in [5, 5.41) is 3.42. The number of thioether (sulfide) groups is 1. The van der Waals surface area contributed by atoms with E-state index in [0.29, 0.717) is 22.3 Å². The highest BCUT2D eigenvalue weighted by atomic mass is 32.2. The van der Waals surface area contributed by atoms with E-state index in [1.165, 1.54) is 11.8 Å². The maximum absolute atomic E-state index is 12.1. The van der Waals surface area contributed by atoms with Crippen LogP contribution in [0.4, 0.5) is 5.69 Å². The first-order chi connectivity index (χ1) is 11.0. The summed E-state index contributed by atoms with van der Waals surface area (Å²) >= 11 is 1.30. The lowest BCUT2D eigenvalue weighted by atomic mass is 10.2. The molecule has 1 aromatic heterocycles. The van der Waals surface area contributed by atoms with Gasteiger partial charge in [-0.15, -0.1) is 0 Å². The lowest BCUT2D eigenvalue weighted by Crippen LogP contribution is -2.14.